The van der Waals surface area contributed by atoms with Gasteiger partial charge < -0.3 is 0 Å². The predicted molar refractivity (Wildman–Crippen MR) is 158 cm³/mol. The van der Waals surface area contributed by atoms with Gasteiger partial charge in [-0.2, -0.15) is 0 Å². The van der Waals surface area contributed by atoms with Gasteiger partial charge in [-0.05, 0) is 67.9 Å². The van der Waals surface area contributed by atoms with Crippen LogP contribution in [0.4, 0.5) is 0 Å². The van der Waals surface area contributed by atoms with Crippen molar-refractivity contribution in [1.82, 2.24) is 0 Å². The molecule has 0 bridgehead atoms. The van der Waals surface area contributed by atoms with E-state index >= 15 is 0 Å². The summed E-state index contributed by atoms with van der Waals surface area (Å²) in [5, 5.41) is 0. The summed E-state index contributed by atoms with van der Waals surface area (Å²) in [4.78, 5) is 0. The van der Waals surface area contributed by atoms with E-state index in [0.717, 1.165) is 6.42 Å². The van der Waals surface area contributed by atoms with Crippen molar-refractivity contribution in [1.29, 1.82) is 0 Å². The monoisotopic (exact) mass is 482 g/mol. The molecule has 0 nitrogen and oxygen atoms in total. The highest BCUT2D eigenvalue weighted by Crippen LogP contribution is 2.71. The van der Waals surface area contributed by atoms with E-state index in [1.54, 1.807) is 0 Å². The third-order valence-electron chi connectivity index (χ3n) is 9.36. The minimum absolute atomic E-state index is 0.0413. The SMILES string of the molecule is CC(C)(C)C1=CC2=CC(C#CC3=CC=CC3)=C3C=C(C(C)(C)C)C=C4c5ccccc5C(=C1)[C@]2(C)C43C. The van der Waals surface area contributed by atoms with Crippen LogP contribution >= 0.6 is 0 Å². The maximum Gasteiger partial charge on any atom is 0.0328 e. The highest BCUT2D eigenvalue weighted by atomic mass is 14.6. The first kappa shape index (κ1) is 24.1. The molecule has 1 aromatic rings. The zero-order valence-electron chi connectivity index (χ0n) is 23.6. The Morgan fingerprint density at radius 3 is 1.86 bits per heavy atom. The van der Waals surface area contributed by atoms with Gasteiger partial charge in [0.15, 0.2) is 0 Å². The lowest BCUT2D eigenvalue weighted by Gasteiger charge is -2.59. The number of allylic oxidation sites excluding steroid dienone is 16. The van der Waals surface area contributed by atoms with Crippen LogP contribution in [-0.4, -0.2) is 0 Å². The van der Waals surface area contributed by atoms with Gasteiger partial charge in [-0.15, -0.1) is 0 Å². The van der Waals surface area contributed by atoms with Crippen molar-refractivity contribution in [3.05, 3.63) is 117 Å². The molecular formula is C37H38. The smallest absolute Gasteiger partial charge is 0.0328 e. The molecule has 5 aliphatic carbocycles. The van der Waals surface area contributed by atoms with Gasteiger partial charge in [-0.25, -0.2) is 0 Å². The van der Waals surface area contributed by atoms with Crippen LogP contribution in [0.5, 0.6) is 0 Å². The van der Waals surface area contributed by atoms with Crippen LogP contribution in [0.1, 0.15) is 72.9 Å². The first-order valence-corrected chi connectivity index (χ1v) is 13.7. The van der Waals surface area contributed by atoms with Crippen LogP contribution in [0.25, 0.3) is 11.1 Å². The van der Waals surface area contributed by atoms with Gasteiger partial charge in [-0.1, -0.05) is 134 Å². The van der Waals surface area contributed by atoms with E-state index in [1.165, 1.54) is 55.7 Å². The molecule has 37 heavy (non-hydrogen) atoms. The van der Waals surface area contributed by atoms with Crippen molar-refractivity contribution in [2.45, 2.75) is 61.8 Å². The van der Waals surface area contributed by atoms with E-state index in [0.29, 0.717) is 0 Å². The summed E-state index contributed by atoms with van der Waals surface area (Å²) in [7, 11) is 0. The predicted octanol–water partition coefficient (Wildman–Crippen LogP) is 9.58. The van der Waals surface area contributed by atoms with Gasteiger partial charge in [0, 0.05) is 22.0 Å². The molecular weight excluding hydrogens is 444 g/mol. The fraction of sp³-hybridized carbons (Fsp3) is 0.351. The summed E-state index contributed by atoms with van der Waals surface area (Å²) in [5.41, 5.74) is 13.2. The normalized spacial score (nSPS) is 27.6. The number of hydrogen-bond donors (Lipinski definition) is 0. The number of benzene rings is 1. The van der Waals surface area contributed by atoms with Crippen molar-refractivity contribution in [3.63, 3.8) is 0 Å². The van der Waals surface area contributed by atoms with Crippen molar-refractivity contribution in [2.24, 2.45) is 21.7 Å². The molecule has 0 fully saturated rings. The zero-order valence-corrected chi connectivity index (χ0v) is 23.6. The third kappa shape index (κ3) is 3.30. The Bertz CT molecular complexity index is 1560. The van der Waals surface area contributed by atoms with Crippen LogP contribution in [0, 0.1) is 33.5 Å². The summed E-state index contributed by atoms with van der Waals surface area (Å²) in [6.07, 6.45) is 19.8. The maximum absolute atomic E-state index is 3.67. The van der Waals surface area contributed by atoms with Gasteiger partial charge >= 0.3 is 0 Å². The molecule has 0 heterocycles. The first-order chi connectivity index (χ1) is 17.3. The molecule has 0 radical (unpaired) electrons. The van der Waals surface area contributed by atoms with E-state index in [4.69, 9.17) is 0 Å². The number of hydrogen-bond acceptors (Lipinski definition) is 0. The fourth-order valence-electron chi connectivity index (χ4n) is 6.76. The number of fused-ring (bicyclic) bond motifs is 3. The lowest BCUT2D eigenvalue weighted by Crippen LogP contribution is -2.49. The maximum atomic E-state index is 3.67. The topological polar surface area (TPSA) is 0 Å². The number of rotatable bonds is 0. The molecule has 0 aliphatic heterocycles. The second kappa shape index (κ2) is 7.61. The minimum atomic E-state index is -0.210. The quantitative estimate of drug-likeness (QED) is 0.323. The van der Waals surface area contributed by atoms with Crippen LogP contribution in [0.2, 0.25) is 0 Å². The Morgan fingerprint density at radius 1 is 0.703 bits per heavy atom. The average molecular weight is 483 g/mol. The molecule has 0 heteroatoms. The molecule has 186 valence electrons. The van der Waals surface area contributed by atoms with Gasteiger partial charge in [0.05, 0.1) is 0 Å². The van der Waals surface area contributed by atoms with Crippen molar-refractivity contribution >= 4 is 11.1 Å². The Hall–Kier alpha value is -3.30. The van der Waals surface area contributed by atoms with Crippen molar-refractivity contribution in [3.8, 4) is 11.8 Å². The van der Waals surface area contributed by atoms with Crippen molar-refractivity contribution < 1.29 is 0 Å². The summed E-state index contributed by atoms with van der Waals surface area (Å²) in [6, 6.07) is 9.08. The Labute approximate surface area is 223 Å². The molecule has 0 amide bonds. The van der Waals surface area contributed by atoms with E-state index in [2.05, 4.69) is 140 Å². The molecule has 2 atom stereocenters. The molecule has 0 aromatic heterocycles. The Kier molecular flexibility index (Phi) is 4.95. The molecule has 0 N–H and O–H groups in total. The zero-order chi connectivity index (χ0) is 26.4. The highest BCUT2D eigenvalue weighted by Gasteiger charge is 2.60. The van der Waals surface area contributed by atoms with E-state index in [-0.39, 0.29) is 21.7 Å². The van der Waals surface area contributed by atoms with E-state index in [9.17, 15) is 0 Å². The highest BCUT2D eigenvalue weighted by molar-refractivity contribution is 5.99. The van der Waals surface area contributed by atoms with Crippen LogP contribution < -0.4 is 0 Å². The fourth-order valence-corrected chi connectivity index (χ4v) is 6.76. The molecule has 6 rings (SSSR count). The van der Waals surface area contributed by atoms with Crippen LogP contribution in [0.3, 0.4) is 0 Å². The molecule has 1 aromatic carbocycles. The largest absolute Gasteiger partial charge is 0.0794 e. The summed E-state index contributed by atoms with van der Waals surface area (Å²) in [5.74, 6) is 7.20. The molecule has 0 spiro atoms. The van der Waals surface area contributed by atoms with Crippen LogP contribution in [0.15, 0.2) is 106 Å². The molecule has 0 saturated heterocycles. The van der Waals surface area contributed by atoms with Crippen LogP contribution in [-0.2, 0) is 0 Å². The standard InChI is InChI=1S/C37H38/c1-34(2,3)26-20-28-19-25(18-17-24-13-9-10-14-24)31-21-27(35(4,5)6)23-33-30-16-12-11-15-29(30)32(22-26)36(28,7)37(31,33)8/h9-13,15-16,19-23H,14H2,1-8H3/t36-,37?/m1/s1. The Balaban J connectivity index is 1.74. The molecule has 5 aliphatic rings. The van der Waals surface area contributed by atoms with Gasteiger partial charge in [0.25, 0.3) is 0 Å². The second-order valence-electron chi connectivity index (χ2n) is 13.6. The van der Waals surface area contributed by atoms with Gasteiger partial charge in [0.2, 0.25) is 0 Å². The molecule has 1 unspecified atom stereocenters. The summed E-state index contributed by atoms with van der Waals surface area (Å²) >= 11 is 0. The van der Waals surface area contributed by atoms with E-state index < -0.39 is 0 Å². The summed E-state index contributed by atoms with van der Waals surface area (Å²) in [6.45, 7) is 18.9. The Morgan fingerprint density at radius 2 is 1.30 bits per heavy atom. The van der Waals surface area contributed by atoms with E-state index in [1.807, 2.05) is 0 Å². The lowest BCUT2D eigenvalue weighted by atomic mass is 9.42. The van der Waals surface area contributed by atoms with Gasteiger partial charge in [0.1, 0.15) is 0 Å². The van der Waals surface area contributed by atoms with Gasteiger partial charge in [-0.3, -0.25) is 0 Å². The second-order valence-corrected chi connectivity index (χ2v) is 13.6. The molecule has 0 saturated carbocycles. The average Bonchev–Trinajstić information content (AvgIpc) is 3.34. The third-order valence-corrected chi connectivity index (χ3v) is 9.36. The minimum Gasteiger partial charge on any atom is -0.0794 e. The summed E-state index contributed by atoms with van der Waals surface area (Å²) < 4.78 is 0. The lowest BCUT2D eigenvalue weighted by molar-refractivity contribution is 0.296. The first-order valence-electron chi connectivity index (χ1n) is 13.7. The van der Waals surface area contributed by atoms with Crippen molar-refractivity contribution in [2.75, 3.05) is 0 Å².